The van der Waals surface area contributed by atoms with Crippen LogP contribution in [0, 0.1) is 6.92 Å². The second kappa shape index (κ2) is 9.68. The van der Waals surface area contributed by atoms with Crippen molar-refractivity contribution in [2.45, 2.75) is 64.2 Å². The van der Waals surface area contributed by atoms with Gasteiger partial charge in [-0.1, -0.05) is 75.3 Å². The maximum absolute atomic E-state index is 6.29. The molecule has 0 aliphatic carbocycles. The maximum Gasteiger partial charge on any atom is 0.0332 e. The molecule has 0 spiro atoms. The van der Waals surface area contributed by atoms with E-state index in [-0.39, 0.29) is 5.41 Å². The van der Waals surface area contributed by atoms with E-state index in [1.54, 1.807) is 0 Å². The Morgan fingerprint density at radius 3 is 2.20 bits per heavy atom. The van der Waals surface area contributed by atoms with Crippen LogP contribution >= 0.6 is 23.2 Å². The fourth-order valence-corrected chi connectivity index (χ4v) is 3.55. The quantitative estimate of drug-likeness (QED) is 0.343. The highest BCUT2D eigenvalue weighted by Crippen LogP contribution is 2.33. The van der Waals surface area contributed by atoms with E-state index in [2.05, 4.69) is 38.1 Å². The Balaban J connectivity index is 2.58. The van der Waals surface area contributed by atoms with Crippen LogP contribution in [-0.2, 0) is 5.41 Å². The van der Waals surface area contributed by atoms with Gasteiger partial charge in [0.25, 0.3) is 0 Å². The number of hydrogen-bond donors (Lipinski definition) is 0. The molecule has 0 unspecified atom stereocenters. The van der Waals surface area contributed by atoms with Crippen LogP contribution in [0.5, 0.6) is 0 Å². The van der Waals surface area contributed by atoms with Gasteiger partial charge in [-0.3, -0.25) is 0 Å². The van der Waals surface area contributed by atoms with Crippen molar-refractivity contribution in [1.29, 1.82) is 0 Å². The summed E-state index contributed by atoms with van der Waals surface area (Å²) >= 11 is 12.6. The number of alkyl halides is 2. The third kappa shape index (κ3) is 5.30. The Morgan fingerprint density at radius 1 is 0.950 bits per heavy atom. The second-order valence-electron chi connectivity index (χ2n) is 5.93. The average molecular weight is 315 g/mol. The molecule has 0 heterocycles. The van der Waals surface area contributed by atoms with Gasteiger partial charge in [0.15, 0.2) is 0 Å². The normalized spacial score (nSPS) is 11.8. The third-order valence-electron chi connectivity index (χ3n) is 4.15. The van der Waals surface area contributed by atoms with Crippen molar-refractivity contribution in [3.8, 4) is 0 Å². The first-order chi connectivity index (χ1) is 9.68. The molecule has 0 fully saturated rings. The van der Waals surface area contributed by atoms with Gasteiger partial charge < -0.3 is 0 Å². The van der Waals surface area contributed by atoms with Gasteiger partial charge in [-0.05, 0) is 18.9 Å². The van der Waals surface area contributed by atoms with Gasteiger partial charge in [0.2, 0.25) is 0 Å². The smallest absolute Gasteiger partial charge is 0.0332 e. The van der Waals surface area contributed by atoms with E-state index in [1.807, 2.05) is 0 Å². The summed E-state index contributed by atoms with van der Waals surface area (Å²) in [7, 11) is 0. The summed E-state index contributed by atoms with van der Waals surface area (Å²) in [6.07, 6.45) is 8.96. The lowest BCUT2D eigenvalue weighted by molar-refractivity contribution is 0.452. The van der Waals surface area contributed by atoms with E-state index >= 15 is 0 Å². The molecule has 2 heteroatoms. The molecule has 0 aliphatic rings. The van der Waals surface area contributed by atoms with E-state index in [0.29, 0.717) is 11.8 Å². The van der Waals surface area contributed by atoms with Crippen LogP contribution in [0.4, 0.5) is 0 Å². The number of unbranched alkanes of at least 4 members (excludes halogenated alkanes) is 5. The van der Waals surface area contributed by atoms with Crippen molar-refractivity contribution in [3.63, 3.8) is 0 Å². The van der Waals surface area contributed by atoms with E-state index in [4.69, 9.17) is 23.2 Å². The molecule has 0 saturated carbocycles. The zero-order valence-corrected chi connectivity index (χ0v) is 14.4. The fourth-order valence-electron chi connectivity index (χ4n) is 2.69. The van der Waals surface area contributed by atoms with Crippen molar-refractivity contribution >= 4 is 23.2 Å². The van der Waals surface area contributed by atoms with Gasteiger partial charge in [0.1, 0.15) is 0 Å². The van der Waals surface area contributed by atoms with Crippen molar-refractivity contribution in [2.24, 2.45) is 0 Å². The minimum absolute atomic E-state index is 0.0557. The summed E-state index contributed by atoms with van der Waals surface area (Å²) in [6, 6.07) is 8.65. The zero-order chi connectivity index (χ0) is 14.8. The predicted octanol–water partition coefficient (Wildman–Crippen LogP) is 6.46. The minimum atomic E-state index is -0.0557. The monoisotopic (exact) mass is 314 g/mol. The minimum Gasteiger partial charge on any atom is -0.126 e. The summed E-state index contributed by atoms with van der Waals surface area (Å²) < 4.78 is 0. The first-order valence-electron chi connectivity index (χ1n) is 7.87. The third-order valence-corrected chi connectivity index (χ3v) is 5.17. The predicted molar refractivity (Wildman–Crippen MR) is 92.3 cm³/mol. The summed E-state index contributed by atoms with van der Waals surface area (Å²) in [5.41, 5.74) is 2.53. The molecule has 0 aliphatic heterocycles. The lowest BCUT2D eigenvalue weighted by Crippen LogP contribution is -2.30. The van der Waals surface area contributed by atoms with Crippen LogP contribution in [0.2, 0.25) is 0 Å². The van der Waals surface area contributed by atoms with Gasteiger partial charge in [0.05, 0.1) is 0 Å². The first-order valence-corrected chi connectivity index (χ1v) is 8.94. The van der Waals surface area contributed by atoms with Gasteiger partial charge in [-0.25, -0.2) is 0 Å². The fraction of sp³-hybridized carbons (Fsp3) is 0.667. The summed E-state index contributed by atoms with van der Waals surface area (Å²) in [6.45, 7) is 4.38. The molecule has 20 heavy (non-hydrogen) atoms. The Labute approximate surface area is 134 Å². The number of aryl methyl sites for hydroxylation is 1. The first kappa shape index (κ1) is 17.9. The molecule has 0 atom stereocenters. The van der Waals surface area contributed by atoms with Gasteiger partial charge in [-0.15, -0.1) is 23.2 Å². The Kier molecular flexibility index (Phi) is 8.64. The standard InChI is InChI=1S/C18H28Cl2/c1-3-4-5-6-7-8-12-18(14-19,15-20)17-11-9-10-16(2)13-17/h9-11,13H,3-8,12,14-15H2,1-2H3. The molecule has 0 amide bonds. The average Bonchev–Trinajstić information content (AvgIpc) is 2.47. The molecule has 114 valence electrons. The van der Waals surface area contributed by atoms with E-state index in [0.717, 1.165) is 6.42 Å². The Bertz CT molecular complexity index is 369. The van der Waals surface area contributed by atoms with Crippen LogP contribution in [0.3, 0.4) is 0 Å². The molecule has 1 aromatic rings. The highest BCUT2D eigenvalue weighted by atomic mass is 35.5. The van der Waals surface area contributed by atoms with Crippen molar-refractivity contribution in [1.82, 2.24) is 0 Å². The molecule has 1 aromatic carbocycles. The van der Waals surface area contributed by atoms with Crippen molar-refractivity contribution in [3.05, 3.63) is 35.4 Å². The largest absolute Gasteiger partial charge is 0.126 e. The SMILES string of the molecule is CCCCCCCCC(CCl)(CCl)c1cccc(C)c1. The molecule has 0 aromatic heterocycles. The maximum atomic E-state index is 6.29. The molecular formula is C18H28Cl2. The molecule has 0 N–H and O–H groups in total. The van der Waals surface area contributed by atoms with Gasteiger partial charge in [-0.2, -0.15) is 0 Å². The van der Waals surface area contributed by atoms with Crippen LogP contribution in [-0.4, -0.2) is 11.8 Å². The molecule has 0 nitrogen and oxygen atoms in total. The summed E-state index contributed by atoms with van der Waals surface area (Å²) in [5.74, 6) is 1.21. The summed E-state index contributed by atoms with van der Waals surface area (Å²) in [4.78, 5) is 0. The molecular weight excluding hydrogens is 287 g/mol. The molecule has 0 saturated heterocycles. The Morgan fingerprint density at radius 2 is 1.60 bits per heavy atom. The highest BCUT2D eigenvalue weighted by molar-refractivity contribution is 6.22. The lowest BCUT2D eigenvalue weighted by Gasteiger charge is -2.30. The zero-order valence-electron chi connectivity index (χ0n) is 12.9. The van der Waals surface area contributed by atoms with E-state index in [1.165, 1.54) is 49.7 Å². The van der Waals surface area contributed by atoms with Crippen LogP contribution in [0.25, 0.3) is 0 Å². The summed E-state index contributed by atoms with van der Waals surface area (Å²) in [5, 5.41) is 0. The van der Waals surface area contributed by atoms with E-state index < -0.39 is 0 Å². The number of benzene rings is 1. The molecule has 0 bridgehead atoms. The number of rotatable bonds is 10. The van der Waals surface area contributed by atoms with Crippen LogP contribution < -0.4 is 0 Å². The second-order valence-corrected chi connectivity index (χ2v) is 6.47. The van der Waals surface area contributed by atoms with Gasteiger partial charge in [0, 0.05) is 17.2 Å². The van der Waals surface area contributed by atoms with E-state index in [9.17, 15) is 0 Å². The van der Waals surface area contributed by atoms with Crippen LogP contribution in [0.15, 0.2) is 24.3 Å². The molecule has 1 rings (SSSR count). The molecule has 0 radical (unpaired) electrons. The van der Waals surface area contributed by atoms with Crippen molar-refractivity contribution < 1.29 is 0 Å². The van der Waals surface area contributed by atoms with Crippen LogP contribution in [0.1, 0.15) is 63.0 Å². The topological polar surface area (TPSA) is 0 Å². The van der Waals surface area contributed by atoms with Crippen molar-refractivity contribution in [2.75, 3.05) is 11.8 Å². The lowest BCUT2D eigenvalue weighted by atomic mass is 9.79. The number of hydrogen-bond acceptors (Lipinski definition) is 0. The van der Waals surface area contributed by atoms with Gasteiger partial charge >= 0.3 is 0 Å². The highest BCUT2D eigenvalue weighted by Gasteiger charge is 2.30. The Hall–Kier alpha value is -0.200. The number of halogens is 2.